The molecule has 0 radical (unpaired) electrons. The summed E-state index contributed by atoms with van der Waals surface area (Å²) >= 11 is 5.83. The van der Waals surface area contributed by atoms with Crippen LogP contribution >= 0.6 is 11.6 Å². The van der Waals surface area contributed by atoms with Crippen LogP contribution in [0, 0.1) is 5.82 Å². The Morgan fingerprint density at radius 1 is 1.04 bits per heavy atom. The minimum Gasteiger partial charge on any atom is -0.352 e. The van der Waals surface area contributed by atoms with Crippen LogP contribution in [-0.2, 0) is 17.9 Å². The topological polar surface area (TPSA) is 64.0 Å². The van der Waals surface area contributed by atoms with Gasteiger partial charge in [-0.1, -0.05) is 23.7 Å². The lowest BCUT2D eigenvalue weighted by molar-refractivity contribution is -0.121. The molecule has 144 valence electrons. The van der Waals surface area contributed by atoms with E-state index in [-0.39, 0.29) is 23.7 Å². The Balaban J connectivity index is 1.53. The highest BCUT2D eigenvalue weighted by Gasteiger charge is 2.06. The van der Waals surface area contributed by atoms with Crippen molar-refractivity contribution in [3.63, 3.8) is 0 Å². The minimum absolute atomic E-state index is 0.0994. The van der Waals surface area contributed by atoms with Crippen molar-refractivity contribution in [3.05, 3.63) is 87.4 Å². The average molecular weight is 400 g/mol. The average Bonchev–Trinajstić information content (AvgIpc) is 2.70. The number of hydrogen-bond acceptors (Lipinski definition) is 3. The lowest BCUT2D eigenvalue weighted by atomic mass is 10.1. The van der Waals surface area contributed by atoms with Crippen molar-refractivity contribution in [1.82, 2.24) is 15.1 Å². The van der Waals surface area contributed by atoms with E-state index in [1.165, 1.54) is 22.9 Å². The van der Waals surface area contributed by atoms with Gasteiger partial charge in [0, 0.05) is 36.2 Å². The van der Waals surface area contributed by atoms with E-state index < -0.39 is 0 Å². The van der Waals surface area contributed by atoms with Crippen molar-refractivity contribution in [1.29, 1.82) is 0 Å². The molecule has 3 rings (SSSR count). The molecule has 1 amide bonds. The van der Waals surface area contributed by atoms with E-state index in [4.69, 9.17) is 11.6 Å². The molecule has 2 aromatic carbocycles. The molecule has 0 saturated heterocycles. The molecule has 0 spiro atoms. The molecule has 28 heavy (non-hydrogen) atoms. The van der Waals surface area contributed by atoms with Gasteiger partial charge in [-0.25, -0.2) is 9.07 Å². The van der Waals surface area contributed by atoms with Crippen LogP contribution < -0.4 is 10.9 Å². The predicted molar refractivity (Wildman–Crippen MR) is 106 cm³/mol. The fourth-order valence-electron chi connectivity index (χ4n) is 2.66. The molecule has 3 aromatic rings. The zero-order valence-corrected chi connectivity index (χ0v) is 15.8. The highest BCUT2D eigenvalue weighted by atomic mass is 35.5. The molecule has 0 unspecified atom stereocenters. The number of halogens is 2. The summed E-state index contributed by atoms with van der Waals surface area (Å²) in [5.74, 6) is -0.431. The summed E-state index contributed by atoms with van der Waals surface area (Å²) < 4.78 is 14.4. The fourth-order valence-corrected chi connectivity index (χ4v) is 2.79. The van der Waals surface area contributed by atoms with Gasteiger partial charge in [0.25, 0.3) is 5.56 Å². The molecule has 0 atom stereocenters. The van der Waals surface area contributed by atoms with Crippen molar-refractivity contribution in [3.8, 4) is 11.3 Å². The van der Waals surface area contributed by atoms with E-state index in [1.54, 1.807) is 30.3 Å². The van der Waals surface area contributed by atoms with Crippen LogP contribution in [-0.4, -0.2) is 15.7 Å². The van der Waals surface area contributed by atoms with Crippen LogP contribution in [0.3, 0.4) is 0 Å². The number of amides is 1. The van der Waals surface area contributed by atoms with Crippen LogP contribution in [0.1, 0.15) is 18.4 Å². The number of rotatable bonds is 7. The van der Waals surface area contributed by atoms with Gasteiger partial charge < -0.3 is 5.32 Å². The smallest absolute Gasteiger partial charge is 0.266 e. The third-order valence-electron chi connectivity index (χ3n) is 4.18. The number of benzene rings is 2. The minimum atomic E-state index is -0.332. The molecule has 1 heterocycles. The molecular formula is C21H19ClFN3O2. The first-order valence-corrected chi connectivity index (χ1v) is 9.24. The normalized spacial score (nSPS) is 10.6. The van der Waals surface area contributed by atoms with Crippen molar-refractivity contribution >= 4 is 17.5 Å². The molecule has 1 N–H and O–H groups in total. The van der Waals surface area contributed by atoms with Gasteiger partial charge in [0.05, 0.1) is 5.69 Å². The van der Waals surface area contributed by atoms with Gasteiger partial charge in [-0.2, -0.15) is 5.10 Å². The van der Waals surface area contributed by atoms with Gasteiger partial charge in [-0.05, 0) is 54.4 Å². The lowest BCUT2D eigenvalue weighted by Crippen LogP contribution is -2.25. The van der Waals surface area contributed by atoms with E-state index >= 15 is 0 Å². The zero-order chi connectivity index (χ0) is 19.9. The van der Waals surface area contributed by atoms with Gasteiger partial charge in [-0.3, -0.25) is 9.59 Å². The van der Waals surface area contributed by atoms with Crippen LogP contribution in [0.25, 0.3) is 11.3 Å². The lowest BCUT2D eigenvalue weighted by Gasteiger charge is -2.08. The zero-order valence-electron chi connectivity index (χ0n) is 15.1. The Hall–Kier alpha value is -2.99. The van der Waals surface area contributed by atoms with Crippen LogP contribution in [0.15, 0.2) is 65.5 Å². The third-order valence-corrected chi connectivity index (χ3v) is 4.44. The summed E-state index contributed by atoms with van der Waals surface area (Å²) in [5, 5.41) is 7.79. The largest absolute Gasteiger partial charge is 0.352 e. The molecule has 7 heteroatoms. The first-order valence-electron chi connectivity index (χ1n) is 8.86. The van der Waals surface area contributed by atoms with Crippen molar-refractivity contribution in [2.75, 3.05) is 0 Å². The van der Waals surface area contributed by atoms with Gasteiger partial charge in [-0.15, -0.1) is 0 Å². The number of hydrogen-bond donors (Lipinski definition) is 1. The number of aromatic nitrogens is 2. The summed E-state index contributed by atoms with van der Waals surface area (Å²) in [6, 6.07) is 16.2. The molecule has 0 fully saturated rings. The first kappa shape index (κ1) is 19.8. The Morgan fingerprint density at radius 2 is 1.75 bits per heavy atom. The molecule has 5 nitrogen and oxygen atoms in total. The summed E-state index contributed by atoms with van der Waals surface area (Å²) in [6.07, 6.45) is 0.759. The maximum atomic E-state index is 13.1. The monoisotopic (exact) mass is 399 g/mol. The maximum absolute atomic E-state index is 13.1. The van der Waals surface area contributed by atoms with E-state index in [9.17, 15) is 14.0 Å². The van der Waals surface area contributed by atoms with Crippen molar-refractivity contribution in [2.24, 2.45) is 0 Å². The molecular weight excluding hydrogens is 381 g/mol. The second-order valence-electron chi connectivity index (χ2n) is 6.29. The molecule has 0 aliphatic carbocycles. The SMILES string of the molecule is O=C(CCCn1nc(-c2ccc(F)cc2)ccc1=O)NCc1ccc(Cl)cc1. The number of aryl methyl sites for hydroxylation is 1. The molecule has 0 aliphatic rings. The standard InChI is InChI=1S/C21H19ClFN3O2/c22-17-7-3-15(4-8-17)14-24-20(27)2-1-13-26-21(28)12-11-19(25-26)16-5-9-18(23)10-6-16/h3-12H,1-2,13-14H2,(H,24,27). The van der Waals surface area contributed by atoms with Crippen LogP contribution in [0.2, 0.25) is 5.02 Å². The molecule has 0 bridgehead atoms. The summed E-state index contributed by atoms with van der Waals surface area (Å²) in [6.45, 7) is 0.747. The predicted octanol–water partition coefficient (Wildman–Crippen LogP) is 3.80. The van der Waals surface area contributed by atoms with Gasteiger partial charge >= 0.3 is 0 Å². The number of nitrogens with zero attached hydrogens (tertiary/aromatic N) is 2. The van der Waals surface area contributed by atoms with Crippen LogP contribution in [0.5, 0.6) is 0 Å². The molecule has 1 aromatic heterocycles. The van der Waals surface area contributed by atoms with Crippen molar-refractivity contribution < 1.29 is 9.18 Å². The molecule has 0 saturated carbocycles. The van der Waals surface area contributed by atoms with Gasteiger partial charge in [0.15, 0.2) is 0 Å². The quantitative estimate of drug-likeness (QED) is 0.657. The second kappa shape index (κ2) is 9.28. The van der Waals surface area contributed by atoms with E-state index in [1.807, 2.05) is 12.1 Å². The number of carbonyl (C=O) groups is 1. The third kappa shape index (κ3) is 5.50. The fraction of sp³-hybridized carbons (Fsp3) is 0.190. The van der Waals surface area contributed by atoms with E-state index in [0.29, 0.717) is 30.2 Å². The Bertz CT molecular complexity index is 1000. The first-order chi connectivity index (χ1) is 13.5. The highest BCUT2D eigenvalue weighted by molar-refractivity contribution is 6.30. The Labute approximate surface area is 166 Å². The van der Waals surface area contributed by atoms with Gasteiger partial charge in [0.1, 0.15) is 5.82 Å². The Kier molecular flexibility index (Phi) is 6.55. The van der Waals surface area contributed by atoms with Gasteiger partial charge in [0.2, 0.25) is 5.91 Å². The second-order valence-corrected chi connectivity index (χ2v) is 6.73. The van der Waals surface area contributed by atoms with E-state index in [0.717, 1.165) is 11.1 Å². The molecule has 0 aliphatic heterocycles. The van der Waals surface area contributed by atoms with Crippen molar-refractivity contribution in [2.45, 2.75) is 25.9 Å². The summed E-state index contributed by atoms with van der Waals surface area (Å²) in [4.78, 5) is 24.0. The number of carbonyl (C=O) groups excluding carboxylic acids is 1. The highest BCUT2D eigenvalue weighted by Crippen LogP contribution is 2.15. The van der Waals surface area contributed by atoms with Crippen LogP contribution in [0.4, 0.5) is 4.39 Å². The Morgan fingerprint density at radius 3 is 2.46 bits per heavy atom. The number of nitrogens with one attached hydrogen (secondary N) is 1. The maximum Gasteiger partial charge on any atom is 0.266 e. The van der Waals surface area contributed by atoms with E-state index in [2.05, 4.69) is 10.4 Å². The summed E-state index contributed by atoms with van der Waals surface area (Å²) in [7, 11) is 0. The summed E-state index contributed by atoms with van der Waals surface area (Å²) in [5.41, 5.74) is 2.01.